The zero-order valence-electron chi connectivity index (χ0n) is 19.5. The predicted octanol–water partition coefficient (Wildman–Crippen LogP) is 4.49. The summed E-state index contributed by atoms with van der Waals surface area (Å²) >= 11 is 1.50. The smallest absolute Gasteiger partial charge is 0.239 e. The first-order chi connectivity index (χ1) is 15.7. The number of benzene rings is 1. The molecule has 33 heavy (non-hydrogen) atoms. The van der Waals surface area contributed by atoms with E-state index >= 15 is 0 Å². The molecule has 168 valence electrons. The second-order valence-corrected chi connectivity index (χ2v) is 9.67. The number of aliphatic imine (C=N–C) groups is 1. The van der Waals surface area contributed by atoms with Gasteiger partial charge in [-0.05, 0) is 37.0 Å². The van der Waals surface area contributed by atoms with Crippen molar-refractivity contribution in [3.8, 4) is 22.3 Å². The highest BCUT2D eigenvalue weighted by atomic mass is 32.1. The van der Waals surface area contributed by atoms with Gasteiger partial charge in [0.1, 0.15) is 10.5 Å². The van der Waals surface area contributed by atoms with Crippen molar-refractivity contribution in [1.82, 2.24) is 14.9 Å². The van der Waals surface area contributed by atoms with Crippen molar-refractivity contribution >= 4 is 23.2 Å². The third-order valence-electron chi connectivity index (χ3n) is 6.00. The Morgan fingerprint density at radius 1 is 1.18 bits per heavy atom. The van der Waals surface area contributed by atoms with E-state index in [0.717, 1.165) is 26.6 Å². The van der Waals surface area contributed by atoms with E-state index in [4.69, 9.17) is 15.7 Å². The summed E-state index contributed by atoms with van der Waals surface area (Å²) in [7, 11) is 1.66. The van der Waals surface area contributed by atoms with Crippen LogP contribution < -0.4 is 5.73 Å². The van der Waals surface area contributed by atoms with Crippen LogP contribution in [-0.2, 0) is 10.3 Å². The third kappa shape index (κ3) is 4.14. The van der Waals surface area contributed by atoms with Crippen LogP contribution in [0.15, 0.2) is 53.9 Å². The number of guanidine groups is 1. The zero-order valence-corrected chi connectivity index (χ0v) is 20.3. The van der Waals surface area contributed by atoms with Crippen LogP contribution in [0.3, 0.4) is 0 Å². The van der Waals surface area contributed by atoms with Gasteiger partial charge in [0.15, 0.2) is 5.96 Å². The molecule has 6 nitrogen and oxygen atoms in total. The largest absolute Gasteiger partial charge is 0.369 e. The minimum absolute atomic E-state index is 0.0964. The van der Waals surface area contributed by atoms with Gasteiger partial charge in [0.05, 0.1) is 10.8 Å². The lowest BCUT2D eigenvalue weighted by molar-refractivity contribution is -0.130. The summed E-state index contributed by atoms with van der Waals surface area (Å²) in [5, 5.41) is 0.729. The van der Waals surface area contributed by atoms with Crippen LogP contribution in [0, 0.1) is 11.8 Å². The number of rotatable bonds is 4. The lowest BCUT2D eigenvalue weighted by Crippen LogP contribution is -2.52. The quantitative estimate of drug-likeness (QED) is 0.585. The molecule has 0 saturated heterocycles. The van der Waals surface area contributed by atoms with Gasteiger partial charge in [0.2, 0.25) is 5.91 Å². The molecule has 2 aromatic heterocycles. The van der Waals surface area contributed by atoms with Crippen LogP contribution >= 0.6 is 11.3 Å². The van der Waals surface area contributed by atoms with Gasteiger partial charge in [-0.1, -0.05) is 44.0 Å². The van der Waals surface area contributed by atoms with Crippen LogP contribution in [0.2, 0.25) is 0 Å². The average Bonchev–Trinajstić information content (AvgIpc) is 3.30. The Kier molecular flexibility index (Phi) is 6.05. The number of aromatic nitrogens is 2. The fourth-order valence-electron chi connectivity index (χ4n) is 4.07. The maximum Gasteiger partial charge on any atom is 0.239 e. The van der Waals surface area contributed by atoms with Crippen molar-refractivity contribution in [3.05, 3.63) is 70.6 Å². The lowest BCUT2D eigenvalue weighted by Gasteiger charge is -2.39. The Hall–Kier alpha value is -3.50. The first kappa shape index (κ1) is 22.7. The molecule has 1 aliphatic heterocycles. The highest BCUT2D eigenvalue weighted by Gasteiger charge is 2.49. The van der Waals surface area contributed by atoms with E-state index in [1.165, 1.54) is 21.8 Å². The first-order valence-corrected chi connectivity index (χ1v) is 11.6. The van der Waals surface area contributed by atoms with Gasteiger partial charge >= 0.3 is 0 Å². The Morgan fingerprint density at radius 3 is 2.58 bits per heavy atom. The lowest BCUT2D eigenvalue weighted by atomic mass is 9.78. The van der Waals surface area contributed by atoms with E-state index in [0.29, 0.717) is 5.92 Å². The van der Waals surface area contributed by atoms with Gasteiger partial charge in [0.25, 0.3) is 0 Å². The number of thiazole rings is 1. The maximum absolute atomic E-state index is 13.5. The fourth-order valence-corrected chi connectivity index (χ4v) is 5.08. The van der Waals surface area contributed by atoms with Gasteiger partial charge < -0.3 is 5.73 Å². The predicted molar refractivity (Wildman–Crippen MR) is 133 cm³/mol. The molecule has 1 amide bonds. The summed E-state index contributed by atoms with van der Waals surface area (Å²) in [5.74, 6) is 5.90. The van der Waals surface area contributed by atoms with E-state index in [-0.39, 0.29) is 11.9 Å². The van der Waals surface area contributed by atoms with Crippen molar-refractivity contribution in [1.29, 1.82) is 0 Å². The van der Waals surface area contributed by atoms with Gasteiger partial charge in [-0.25, -0.2) is 9.98 Å². The molecule has 1 aromatic carbocycles. The van der Waals surface area contributed by atoms with E-state index in [1.54, 1.807) is 32.6 Å². The molecular formula is C26H27N5OS. The molecule has 1 unspecified atom stereocenters. The topological polar surface area (TPSA) is 84.5 Å². The molecular weight excluding hydrogens is 430 g/mol. The number of likely N-dealkylation sites (N-methyl/N-ethyl adjacent to an activating group) is 1. The molecule has 0 saturated carbocycles. The molecule has 4 rings (SSSR count). The summed E-state index contributed by atoms with van der Waals surface area (Å²) in [6.45, 7) is 8.03. The third-order valence-corrected chi connectivity index (χ3v) is 7.27. The van der Waals surface area contributed by atoms with E-state index < -0.39 is 11.5 Å². The molecule has 3 aromatic rings. The fraction of sp³-hybridized carbons (Fsp3) is 0.308. The number of amides is 1. The number of nitrogens with two attached hydrogens (primary N) is 1. The van der Waals surface area contributed by atoms with Gasteiger partial charge in [-0.3, -0.25) is 14.7 Å². The molecule has 7 heteroatoms. The summed E-state index contributed by atoms with van der Waals surface area (Å²) in [5.41, 5.74) is 9.13. The minimum Gasteiger partial charge on any atom is -0.369 e. The number of pyridine rings is 1. The Balaban J connectivity index is 1.80. The maximum atomic E-state index is 13.5. The van der Waals surface area contributed by atoms with Crippen molar-refractivity contribution in [2.45, 2.75) is 45.1 Å². The number of hydrogen-bond donors (Lipinski definition) is 1. The summed E-state index contributed by atoms with van der Waals surface area (Å²) in [6, 6.07) is 10.2. The first-order valence-electron chi connectivity index (χ1n) is 10.8. The number of nitrogens with zero attached hydrogens (tertiary/aromatic N) is 4. The molecule has 0 bridgehead atoms. The van der Waals surface area contributed by atoms with Crippen molar-refractivity contribution < 1.29 is 4.79 Å². The second kappa shape index (κ2) is 8.80. The molecule has 0 spiro atoms. The standard InChI is InChI=1S/C26H27N5OS/c1-6-7-17-12-20(14-28-13-17)21-15-29-24(33-21)26(4)22(23(32)31(5)25(27)30-26)19-10-8-18(9-11-19)16(2)3/h8-16,22H,1-5H3,(H2,27,30)/t22?,26-/m0/s1. The molecule has 0 fully saturated rings. The Morgan fingerprint density at radius 2 is 1.91 bits per heavy atom. The van der Waals surface area contributed by atoms with Crippen molar-refractivity contribution in [3.63, 3.8) is 0 Å². The van der Waals surface area contributed by atoms with Gasteiger partial charge in [-0.2, -0.15) is 0 Å². The molecule has 0 aliphatic carbocycles. The van der Waals surface area contributed by atoms with E-state index in [2.05, 4.69) is 42.8 Å². The molecule has 2 N–H and O–H groups in total. The number of carbonyl (C=O) groups is 1. The summed E-state index contributed by atoms with van der Waals surface area (Å²) in [4.78, 5) is 29.6. The zero-order chi connectivity index (χ0) is 23.8. The van der Waals surface area contributed by atoms with Crippen LogP contribution in [-0.4, -0.2) is 33.8 Å². The summed E-state index contributed by atoms with van der Waals surface area (Å²) in [6.07, 6.45) is 5.33. The van der Waals surface area contributed by atoms with Crippen molar-refractivity contribution in [2.75, 3.05) is 7.05 Å². The summed E-state index contributed by atoms with van der Waals surface area (Å²) < 4.78 is 0. The monoisotopic (exact) mass is 457 g/mol. The molecule has 0 radical (unpaired) electrons. The second-order valence-electron chi connectivity index (χ2n) is 8.64. The number of hydrogen-bond acceptors (Lipinski definition) is 6. The number of carbonyl (C=O) groups excluding carboxylic acids is 1. The molecule has 3 heterocycles. The van der Waals surface area contributed by atoms with Gasteiger partial charge in [-0.15, -0.1) is 17.3 Å². The van der Waals surface area contributed by atoms with Crippen LogP contribution in [0.5, 0.6) is 0 Å². The Bertz CT molecular complexity index is 1280. The van der Waals surface area contributed by atoms with Gasteiger partial charge in [0, 0.05) is 36.8 Å². The normalized spacial score (nSPS) is 20.4. The Labute approximate surface area is 198 Å². The van der Waals surface area contributed by atoms with Crippen molar-refractivity contribution in [2.24, 2.45) is 10.7 Å². The minimum atomic E-state index is -0.926. The van der Waals surface area contributed by atoms with E-state index in [9.17, 15) is 4.79 Å². The molecule has 1 aliphatic rings. The average molecular weight is 458 g/mol. The highest BCUT2D eigenvalue weighted by molar-refractivity contribution is 7.15. The van der Waals surface area contributed by atoms with Crippen LogP contribution in [0.4, 0.5) is 0 Å². The van der Waals surface area contributed by atoms with Crippen LogP contribution in [0.1, 0.15) is 61.2 Å². The van der Waals surface area contributed by atoms with Crippen LogP contribution in [0.25, 0.3) is 10.4 Å². The molecule has 2 atom stereocenters. The SMILES string of the molecule is CC#Cc1cncc(-c2cnc([C@@]3(C)N=C(N)N(C)C(=O)C3c3ccc(C(C)C)cc3)s2)c1. The highest BCUT2D eigenvalue weighted by Crippen LogP contribution is 2.46. The van der Waals surface area contributed by atoms with E-state index in [1.807, 2.05) is 25.1 Å².